The van der Waals surface area contributed by atoms with Crippen LogP contribution in [0.15, 0.2) is 47.0 Å². The number of hydrogen-bond acceptors (Lipinski definition) is 4. The molecule has 3 aromatic rings. The van der Waals surface area contributed by atoms with E-state index in [1.807, 2.05) is 38.1 Å². The zero-order chi connectivity index (χ0) is 16.4. The number of nitrogens with zero attached hydrogens (tertiary/aromatic N) is 3. The third-order valence-electron chi connectivity index (χ3n) is 3.93. The molecule has 0 fully saturated rings. The van der Waals surface area contributed by atoms with Crippen LogP contribution in [0.5, 0.6) is 0 Å². The van der Waals surface area contributed by atoms with Gasteiger partial charge in [-0.3, -0.25) is 4.98 Å². The molecule has 0 aliphatic carbocycles. The topological polar surface area (TPSA) is 42.2 Å². The lowest BCUT2D eigenvalue weighted by Gasteiger charge is -2.19. The summed E-state index contributed by atoms with van der Waals surface area (Å²) in [6.07, 6.45) is 0. The lowest BCUT2D eigenvalue weighted by molar-refractivity contribution is 0.432. The van der Waals surface area contributed by atoms with Crippen molar-refractivity contribution in [2.24, 2.45) is 0 Å². The van der Waals surface area contributed by atoms with Crippen molar-refractivity contribution in [1.82, 2.24) is 10.1 Å². The maximum absolute atomic E-state index is 5.62. The van der Waals surface area contributed by atoms with Gasteiger partial charge in [0.15, 0.2) is 11.6 Å². The van der Waals surface area contributed by atoms with Gasteiger partial charge in [0, 0.05) is 35.2 Å². The highest BCUT2D eigenvalue weighted by Crippen LogP contribution is 2.32. The lowest BCUT2D eigenvalue weighted by Crippen LogP contribution is -2.15. The first-order chi connectivity index (χ1) is 11.1. The van der Waals surface area contributed by atoms with E-state index in [-0.39, 0.29) is 0 Å². The molecule has 3 rings (SSSR count). The Morgan fingerprint density at radius 1 is 1.04 bits per heavy atom. The molecule has 0 radical (unpaired) electrons. The molecule has 0 aliphatic heterocycles. The summed E-state index contributed by atoms with van der Waals surface area (Å²) in [5.41, 5.74) is 5.26. The van der Waals surface area contributed by atoms with Gasteiger partial charge in [-0.15, -0.1) is 0 Å². The minimum atomic E-state index is 0.761. The second-order valence-electron chi connectivity index (χ2n) is 5.67. The number of benzene rings is 1. The zero-order valence-corrected chi connectivity index (χ0v) is 14.0. The fourth-order valence-electron chi connectivity index (χ4n) is 2.99. The predicted octanol–water partition coefficient (Wildman–Crippen LogP) is 4.82. The molecule has 0 bridgehead atoms. The summed E-state index contributed by atoms with van der Waals surface area (Å²) in [4.78, 5) is 6.67. The lowest BCUT2D eigenvalue weighted by atomic mass is 10.0. The number of aromatic nitrogens is 2. The van der Waals surface area contributed by atoms with E-state index in [9.17, 15) is 0 Å². The highest BCUT2D eigenvalue weighted by Gasteiger charge is 2.17. The normalized spacial score (nSPS) is 10.8. The van der Waals surface area contributed by atoms with Gasteiger partial charge in [0.05, 0.1) is 0 Å². The van der Waals surface area contributed by atoms with Crippen LogP contribution in [0.1, 0.15) is 23.9 Å². The smallest absolute Gasteiger partial charge is 0.177 e. The van der Waals surface area contributed by atoms with Crippen molar-refractivity contribution < 1.29 is 4.52 Å². The van der Waals surface area contributed by atoms with Crippen LogP contribution in [-0.2, 0) is 0 Å². The van der Waals surface area contributed by atoms with Crippen LogP contribution in [0.4, 0.5) is 11.5 Å². The average molecular weight is 307 g/mol. The Bertz CT molecular complexity index is 785. The van der Waals surface area contributed by atoms with Crippen molar-refractivity contribution in [1.29, 1.82) is 0 Å². The van der Waals surface area contributed by atoms with Crippen molar-refractivity contribution in [3.8, 4) is 11.3 Å². The van der Waals surface area contributed by atoms with Crippen LogP contribution in [0, 0.1) is 20.8 Å². The SMILES string of the molecule is CCN(c1ccccc1)c1cc(-c2c(C)cc(C)nc2C)on1. The maximum Gasteiger partial charge on any atom is 0.177 e. The molecule has 0 saturated heterocycles. The quantitative estimate of drug-likeness (QED) is 0.693. The van der Waals surface area contributed by atoms with E-state index in [0.29, 0.717) is 0 Å². The van der Waals surface area contributed by atoms with Crippen molar-refractivity contribution in [3.05, 3.63) is 59.4 Å². The van der Waals surface area contributed by atoms with Gasteiger partial charge in [0.1, 0.15) is 0 Å². The second kappa shape index (κ2) is 6.24. The van der Waals surface area contributed by atoms with Gasteiger partial charge < -0.3 is 9.42 Å². The van der Waals surface area contributed by atoms with E-state index in [4.69, 9.17) is 4.52 Å². The highest BCUT2D eigenvalue weighted by atomic mass is 16.5. The molecule has 0 saturated carbocycles. The number of pyridine rings is 1. The predicted molar refractivity (Wildman–Crippen MR) is 93.1 cm³/mol. The van der Waals surface area contributed by atoms with Crippen molar-refractivity contribution >= 4 is 11.5 Å². The summed E-state index contributed by atoms with van der Waals surface area (Å²) < 4.78 is 5.62. The first-order valence-electron chi connectivity index (χ1n) is 7.84. The molecule has 0 atom stereocenters. The molecule has 0 spiro atoms. The molecule has 0 unspecified atom stereocenters. The number of rotatable bonds is 4. The monoisotopic (exact) mass is 307 g/mol. The molecule has 4 nitrogen and oxygen atoms in total. The van der Waals surface area contributed by atoms with Gasteiger partial charge >= 0.3 is 0 Å². The molecule has 4 heteroatoms. The molecule has 1 aromatic carbocycles. The molecule has 118 valence electrons. The van der Waals surface area contributed by atoms with Crippen LogP contribution < -0.4 is 4.90 Å². The summed E-state index contributed by atoms with van der Waals surface area (Å²) in [7, 11) is 0. The third-order valence-corrected chi connectivity index (χ3v) is 3.93. The van der Waals surface area contributed by atoms with Crippen LogP contribution in [0.3, 0.4) is 0 Å². The van der Waals surface area contributed by atoms with E-state index in [1.165, 1.54) is 0 Å². The summed E-state index contributed by atoms with van der Waals surface area (Å²) >= 11 is 0. The van der Waals surface area contributed by atoms with Gasteiger partial charge in [-0.25, -0.2) is 0 Å². The molecule has 0 amide bonds. The Balaban J connectivity index is 2.01. The Labute approximate surface area is 136 Å². The summed E-state index contributed by atoms with van der Waals surface area (Å²) in [5, 5.41) is 4.27. The Kier molecular flexibility index (Phi) is 4.15. The maximum atomic E-state index is 5.62. The summed E-state index contributed by atoms with van der Waals surface area (Å²) in [6.45, 7) is 9.01. The molecule has 2 aromatic heterocycles. The summed E-state index contributed by atoms with van der Waals surface area (Å²) in [5.74, 6) is 1.57. The van der Waals surface area contributed by atoms with E-state index in [0.717, 1.165) is 46.3 Å². The largest absolute Gasteiger partial charge is 0.354 e. The van der Waals surface area contributed by atoms with Gasteiger partial charge in [0.2, 0.25) is 0 Å². The first kappa shape index (κ1) is 15.3. The van der Waals surface area contributed by atoms with E-state index >= 15 is 0 Å². The van der Waals surface area contributed by atoms with E-state index in [1.54, 1.807) is 0 Å². The van der Waals surface area contributed by atoms with Crippen molar-refractivity contribution in [2.45, 2.75) is 27.7 Å². The van der Waals surface area contributed by atoms with Crippen molar-refractivity contribution in [3.63, 3.8) is 0 Å². The van der Waals surface area contributed by atoms with E-state index in [2.05, 4.69) is 47.1 Å². The molecular weight excluding hydrogens is 286 g/mol. The molecule has 0 aliphatic rings. The Morgan fingerprint density at radius 3 is 2.43 bits per heavy atom. The second-order valence-corrected chi connectivity index (χ2v) is 5.67. The van der Waals surface area contributed by atoms with Gasteiger partial charge in [-0.05, 0) is 51.5 Å². The molecule has 2 heterocycles. The first-order valence-corrected chi connectivity index (χ1v) is 7.84. The number of para-hydroxylation sites is 1. The third kappa shape index (κ3) is 2.97. The van der Waals surface area contributed by atoms with Crippen LogP contribution >= 0.6 is 0 Å². The Hall–Kier alpha value is -2.62. The van der Waals surface area contributed by atoms with Gasteiger partial charge in [0.25, 0.3) is 0 Å². The molecule has 23 heavy (non-hydrogen) atoms. The summed E-state index contributed by atoms with van der Waals surface area (Å²) in [6, 6.07) is 14.3. The fraction of sp³-hybridized carbons (Fsp3) is 0.263. The minimum Gasteiger partial charge on any atom is -0.354 e. The number of aryl methyl sites for hydroxylation is 3. The average Bonchev–Trinajstić information content (AvgIpc) is 2.97. The van der Waals surface area contributed by atoms with Crippen LogP contribution in [-0.4, -0.2) is 16.7 Å². The van der Waals surface area contributed by atoms with Crippen molar-refractivity contribution in [2.75, 3.05) is 11.4 Å². The minimum absolute atomic E-state index is 0.761. The number of hydrogen-bond donors (Lipinski definition) is 0. The van der Waals surface area contributed by atoms with Gasteiger partial charge in [-0.2, -0.15) is 0 Å². The standard InChI is InChI=1S/C19H21N3O/c1-5-22(16-9-7-6-8-10-16)18-12-17(23-21-18)19-13(2)11-14(3)20-15(19)4/h6-12H,5H2,1-4H3. The zero-order valence-electron chi connectivity index (χ0n) is 14.0. The highest BCUT2D eigenvalue weighted by molar-refractivity contribution is 5.69. The van der Waals surface area contributed by atoms with Crippen LogP contribution in [0.2, 0.25) is 0 Å². The van der Waals surface area contributed by atoms with Crippen LogP contribution in [0.25, 0.3) is 11.3 Å². The fourth-order valence-corrected chi connectivity index (χ4v) is 2.99. The molecular formula is C19H21N3O. The molecule has 0 N–H and O–H groups in total. The number of anilines is 2. The Morgan fingerprint density at radius 2 is 1.78 bits per heavy atom. The van der Waals surface area contributed by atoms with E-state index < -0.39 is 0 Å². The van der Waals surface area contributed by atoms with Gasteiger partial charge in [-0.1, -0.05) is 23.4 Å².